The van der Waals surface area contributed by atoms with Crippen molar-refractivity contribution in [3.63, 3.8) is 0 Å². The van der Waals surface area contributed by atoms with E-state index in [1.165, 1.54) is 0 Å². The van der Waals surface area contributed by atoms with Gasteiger partial charge in [-0.2, -0.15) is 0 Å². The molecule has 1 saturated heterocycles. The van der Waals surface area contributed by atoms with Gasteiger partial charge in [-0.1, -0.05) is 18.2 Å². The number of methoxy groups -OCH3 is 3. The Kier molecular flexibility index (Phi) is 6.11. The number of hydrogen-bond acceptors (Lipinski definition) is 6. The average Bonchev–Trinajstić information content (AvgIpc) is 3.29. The highest BCUT2D eigenvalue weighted by atomic mass is 16.5. The van der Waals surface area contributed by atoms with Crippen LogP contribution in [0.25, 0.3) is 22.8 Å². The summed E-state index contributed by atoms with van der Waals surface area (Å²) < 4.78 is 22.6. The third-order valence-electron chi connectivity index (χ3n) is 5.42. The smallest absolute Gasteiger partial charge is 0.276 e. The van der Waals surface area contributed by atoms with Crippen LogP contribution in [0.4, 0.5) is 0 Å². The molecular weight excluding hydrogens is 396 g/mol. The van der Waals surface area contributed by atoms with Crippen molar-refractivity contribution in [2.75, 3.05) is 34.4 Å². The summed E-state index contributed by atoms with van der Waals surface area (Å²) in [6, 6.07) is 13.1. The molecule has 4 rings (SSSR count). The largest absolute Gasteiger partial charge is 0.493 e. The van der Waals surface area contributed by atoms with E-state index in [4.69, 9.17) is 18.6 Å². The Labute approximate surface area is 181 Å². The minimum Gasteiger partial charge on any atom is -0.493 e. The van der Waals surface area contributed by atoms with E-state index in [1.54, 1.807) is 33.5 Å². The van der Waals surface area contributed by atoms with E-state index in [9.17, 15) is 4.79 Å². The van der Waals surface area contributed by atoms with Crippen LogP contribution in [-0.4, -0.2) is 50.2 Å². The Balaban J connectivity index is 1.86. The first kappa shape index (κ1) is 20.8. The second kappa shape index (κ2) is 9.12. The molecule has 1 amide bonds. The monoisotopic (exact) mass is 422 g/mol. The molecule has 3 aromatic rings. The van der Waals surface area contributed by atoms with Gasteiger partial charge in [-0.05, 0) is 43.5 Å². The molecule has 2 heterocycles. The molecule has 0 spiro atoms. The quantitative estimate of drug-likeness (QED) is 0.575. The number of aromatic nitrogens is 1. The maximum absolute atomic E-state index is 13.4. The van der Waals surface area contributed by atoms with Crippen LogP contribution in [0.5, 0.6) is 17.2 Å². The van der Waals surface area contributed by atoms with Crippen molar-refractivity contribution in [3.8, 4) is 40.0 Å². The molecule has 0 atom stereocenters. The molecule has 31 heavy (non-hydrogen) atoms. The molecule has 2 aromatic carbocycles. The van der Waals surface area contributed by atoms with Gasteiger partial charge < -0.3 is 23.5 Å². The number of oxazole rings is 1. The van der Waals surface area contributed by atoms with Crippen LogP contribution >= 0.6 is 0 Å². The summed E-state index contributed by atoms with van der Waals surface area (Å²) in [5.41, 5.74) is 1.72. The molecule has 1 aliphatic heterocycles. The van der Waals surface area contributed by atoms with Gasteiger partial charge in [0.25, 0.3) is 5.91 Å². The first-order valence-corrected chi connectivity index (χ1v) is 10.3. The van der Waals surface area contributed by atoms with Gasteiger partial charge in [-0.3, -0.25) is 4.79 Å². The Morgan fingerprint density at radius 2 is 1.55 bits per heavy atom. The van der Waals surface area contributed by atoms with E-state index in [0.717, 1.165) is 37.9 Å². The Morgan fingerprint density at radius 3 is 2.13 bits per heavy atom. The van der Waals surface area contributed by atoms with Crippen molar-refractivity contribution in [1.29, 1.82) is 0 Å². The topological polar surface area (TPSA) is 74.0 Å². The molecule has 162 valence electrons. The molecule has 7 nitrogen and oxygen atoms in total. The summed E-state index contributed by atoms with van der Waals surface area (Å²) in [6.07, 6.45) is 3.13. The van der Waals surface area contributed by atoms with Crippen LogP contribution in [0.1, 0.15) is 29.8 Å². The Morgan fingerprint density at radius 1 is 0.903 bits per heavy atom. The lowest BCUT2D eigenvalue weighted by atomic mass is 10.1. The molecule has 0 unspecified atom stereocenters. The highest BCUT2D eigenvalue weighted by Crippen LogP contribution is 2.42. The number of carbonyl (C=O) groups is 1. The van der Waals surface area contributed by atoms with Gasteiger partial charge in [-0.25, -0.2) is 4.98 Å². The van der Waals surface area contributed by atoms with Gasteiger partial charge in [-0.15, -0.1) is 0 Å². The number of carbonyl (C=O) groups excluding carboxylic acids is 1. The number of hydrogen-bond donors (Lipinski definition) is 0. The van der Waals surface area contributed by atoms with E-state index in [2.05, 4.69) is 4.98 Å². The van der Waals surface area contributed by atoms with E-state index in [0.29, 0.717) is 34.5 Å². The molecule has 7 heteroatoms. The van der Waals surface area contributed by atoms with Crippen molar-refractivity contribution in [3.05, 3.63) is 48.2 Å². The van der Waals surface area contributed by atoms with Crippen molar-refractivity contribution in [2.24, 2.45) is 0 Å². The number of ether oxygens (including phenoxy) is 3. The minimum absolute atomic E-state index is 0.130. The zero-order valence-corrected chi connectivity index (χ0v) is 18.0. The van der Waals surface area contributed by atoms with Gasteiger partial charge in [0.2, 0.25) is 11.6 Å². The summed E-state index contributed by atoms with van der Waals surface area (Å²) in [7, 11) is 4.65. The van der Waals surface area contributed by atoms with Crippen LogP contribution in [0.2, 0.25) is 0 Å². The molecule has 1 fully saturated rings. The fraction of sp³-hybridized carbons (Fsp3) is 0.333. The van der Waals surface area contributed by atoms with Crippen LogP contribution in [0.3, 0.4) is 0 Å². The second-order valence-electron chi connectivity index (χ2n) is 7.33. The van der Waals surface area contributed by atoms with Crippen molar-refractivity contribution in [1.82, 2.24) is 9.88 Å². The third-order valence-corrected chi connectivity index (χ3v) is 5.42. The number of likely N-dealkylation sites (tertiary alicyclic amines) is 1. The fourth-order valence-electron chi connectivity index (χ4n) is 3.82. The second-order valence-corrected chi connectivity index (χ2v) is 7.33. The zero-order chi connectivity index (χ0) is 21.8. The van der Waals surface area contributed by atoms with Gasteiger partial charge in [0.15, 0.2) is 23.0 Å². The maximum atomic E-state index is 13.4. The molecule has 0 N–H and O–H groups in total. The molecular formula is C24H26N2O5. The number of rotatable bonds is 6. The number of piperidine rings is 1. The molecule has 0 aliphatic carbocycles. The highest BCUT2D eigenvalue weighted by Gasteiger charge is 2.28. The minimum atomic E-state index is -0.130. The first-order valence-electron chi connectivity index (χ1n) is 10.3. The van der Waals surface area contributed by atoms with E-state index < -0.39 is 0 Å². The third kappa shape index (κ3) is 4.08. The predicted octanol–water partition coefficient (Wildman–Crippen LogP) is 4.66. The molecule has 0 saturated carbocycles. The lowest BCUT2D eigenvalue weighted by molar-refractivity contribution is 0.0719. The highest BCUT2D eigenvalue weighted by molar-refractivity contribution is 5.98. The zero-order valence-electron chi connectivity index (χ0n) is 18.0. The van der Waals surface area contributed by atoms with Gasteiger partial charge in [0, 0.05) is 24.2 Å². The summed E-state index contributed by atoms with van der Waals surface area (Å²) in [6.45, 7) is 1.45. The standard InChI is InChI=1S/C24H26N2O5/c1-28-18-14-17(15-19(29-2)22(18)30-3)21-20(24(27)26-12-8-5-9-13-26)25-23(31-21)16-10-6-4-7-11-16/h4,6-7,10-11,14-15H,5,8-9,12-13H2,1-3H3. The van der Waals surface area contributed by atoms with Crippen LogP contribution in [-0.2, 0) is 0 Å². The lowest BCUT2D eigenvalue weighted by Gasteiger charge is -2.26. The predicted molar refractivity (Wildman–Crippen MR) is 117 cm³/mol. The fourth-order valence-corrected chi connectivity index (χ4v) is 3.82. The van der Waals surface area contributed by atoms with E-state index in [1.807, 2.05) is 35.2 Å². The summed E-state index contributed by atoms with van der Waals surface area (Å²) in [5, 5.41) is 0. The molecule has 0 bridgehead atoms. The molecule has 1 aliphatic rings. The first-order chi connectivity index (χ1) is 15.2. The van der Waals surface area contributed by atoms with Crippen LogP contribution in [0.15, 0.2) is 46.9 Å². The summed E-state index contributed by atoms with van der Waals surface area (Å²) in [5.74, 6) is 2.07. The SMILES string of the molecule is COc1cc(-c2oc(-c3ccccc3)nc2C(=O)N2CCCCC2)cc(OC)c1OC. The average molecular weight is 422 g/mol. The maximum Gasteiger partial charge on any atom is 0.276 e. The lowest BCUT2D eigenvalue weighted by Crippen LogP contribution is -2.36. The van der Waals surface area contributed by atoms with Crippen molar-refractivity contribution >= 4 is 5.91 Å². The van der Waals surface area contributed by atoms with Crippen LogP contribution in [0, 0.1) is 0 Å². The Bertz CT molecular complexity index is 1030. The molecule has 1 aromatic heterocycles. The van der Waals surface area contributed by atoms with E-state index in [-0.39, 0.29) is 11.6 Å². The van der Waals surface area contributed by atoms with Gasteiger partial charge in [0.1, 0.15) is 0 Å². The van der Waals surface area contributed by atoms with Gasteiger partial charge >= 0.3 is 0 Å². The Hall–Kier alpha value is -3.48. The number of amides is 1. The summed E-state index contributed by atoms with van der Waals surface area (Å²) in [4.78, 5) is 19.8. The van der Waals surface area contributed by atoms with E-state index >= 15 is 0 Å². The number of nitrogens with zero attached hydrogens (tertiary/aromatic N) is 2. The number of benzene rings is 2. The van der Waals surface area contributed by atoms with Crippen molar-refractivity contribution < 1.29 is 23.4 Å². The molecule has 0 radical (unpaired) electrons. The normalized spacial score (nSPS) is 13.7. The summed E-state index contributed by atoms with van der Waals surface area (Å²) >= 11 is 0. The van der Waals surface area contributed by atoms with Crippen LogP contribution < -0.4 is 14.2 Å². The van der Waals surface area contributed by atoms with Crippen molar-refractivity contribution in [2.45, 2.75) is 19.3 Å². The van der Waals surface area contributed by atoms with Gasteiger partial charge in [0.05, 0.1) is 21.3 Å².